The number of ether oxygens (including phenoxy) is 1. The molecule has 0 aromatic heterocycles. The number of hydrogen-bond donors (Lipinski definition) is 0. The molecule has 2 aromatic rings. The fourth-order valence-electron chi connectivity index (χ4n) is 1.50. The minimum absolute atomic E-state index is 0.230. The monoisotopic (exact) mass is 305 g/mol. The Morgan fingerprint density at radius 1 is 1.22 bits per heavy atom. The van der Waals surface area contributed by atoms with Gasteiger partial charge in [0.15, 0.2) is 0 Å². The third-order valence-electron chi connectivity index (χ3n) is 2.32. The smallest absolute Gasteiger partial charge is 0.141 e. The summed E-state index contributed by atoms with van der Waals surface area (Å²) in [5.74, 6) is 0.387. The summed E-state index contributed by atoms with van der Waals surface area (Å²) in [6.07, 6.45) is 0. The summed E-state index contributed by atoms with van der Waals surface area (Å²) < 4.78 is 19.6. The van der Waals surface area contributed by atoms with Gasteiger partial charge in [-0.1, -0.05) is 6.07 Å². The standard InChI is InChI=1S/C14H9BrFNO/c1-9-2-3-14(13(15)4-9)18-12-6-10(8-17)5-11(16)7-12/h2-7H,1H3. The van der Waals surface area contributed by atoms with Crippen molar-refractivity contribution in [3.63, 3.8) is 0 Å². The Morgan fingerprint density at radius 3 is 2.67 bits per heavy atom. The molecule has 0 bridgehead atoms. The Bertz CT molecular complexity index is 634. The molecule has 18 heavy (non-hydrogen) atoms. The molecule has 0 unspecified atom stereocenters. The van der Waals surface area contributed by atoms with Crippen molar-refractivity contribution in [3.05, 3.63) is 57.8 Å². The average Bonchev–Trinajstić information content (AvgIpc) is 2.32. The lowest BCUT2D eigenvalue weighted by atomic mass is 10.2. The van der Waals surface area contributed by atoms with Crippen LogP contribution in [0.15, 0.2) is 40.9 Å². The third kappa shape index (κ3) is 2.88. The minimum Gasteiger partial charge on any atom is -0.456 e. The van der Waals surface area contributed by atoms with Crippen molar-refractivity contribution < 1.29 is 9.13 Å². The summed E-state index contributed by atoms with van der Waals surface area (Å²) in [5.41, 5.74) is 1.32. The molecule has 2 aromatic carbocycles. The minimum atomic E-state index is -0.493. The maximum absolute atomic E-state index is 13.2. The lowest BCUT2D eigenvalue weighted by molar-refractivity contribution is 0.473. The zero-order valence-corrected chi connectivity index (χ0v) is 11.2. The zero-order valence-electron chi connectivity index (χ0n) is 9.58. The van der Waals surface area contributed by atoms with E-state index in [1.165, 1.54) is 12.1 Å². The number of nitrogens with zero attached hydrogens (tertiary/aromatic N) is 1. The van der Waals surface area contributed by atoms with Gasteiger partial charge in [-0.15, -0.1) is 0 Å². The highest BCUT2D eigenvalue weighted by atomic mass is 79.9. The fourth-order valence-corrected chi connectivity index (χ4v) is 2.08. The molecule has 0 saturated heterocycles. The quantitative estimate of drug-likeness (QED) is 0.815. The predicted octanol–water partition coefficient (Wildman–Crippen LogP) is 4.56. The molecule has 0 aliphatic carbocycles. The van der Waals surface area contributed by atoms with E-state index in [-0.39, 0.29) is 5.56 Å². The highest BCUT2D eigenvalue weighted by Gasteiger charge is 2.06. The molecule has 0 radical (unpaired) electrons. The molecular formula is C14H9BrFNO. The SMILES string of the molecule is Cc1ccc(Oc2cc(F)cc(C#N)c2)c(Br)c1. The number of benzene rings is 2. The first-order chi connectivity index (χ1) is 8.58. The lowest BCUT2D eigenvalue weighted by Gasteiger charge is -2.08. The Kier molecular flexibility index (Phi) is 3.63. The van der Waals surface area contributed by atoms with Crippen molar-refractivity contribution >= 4 is 15.9 Å². The van der Waals surface area contributed by atoms with Gasteiger partial charge in [0, 0.05) is 6.07 Å². The second-order valence-corrected chi connectivity index (χ2v) is 4.68. The van der Waals surface area contributed by atoms with Gasteiger partial charge in [0.1, 0.15) is 17.3 Å². The van der Waals surface area contributed by atoms with Crippen LogP contribution in [-0.2, 0) is 0 Å². The van der Waals surface area contributed by atoms with Crippen LogP contribution < -0.4 is 4.74 Å². The first-order valence-corrected chi connectivity index (χ1v) is 6.02. The van der Waals surface area contributed by atoms with E-state index in [0.717, 1.165) is 16.1 Å². The molecule has 0 aliphatic heterocycles. The molecule has 0 heterocycles. The van der Waals surface area contributed by atoms with Crippen LogP contribution in [0, 0.1) is 24.1 Å². The summed E-state index contributed by atoms with van der Waals surface area (Å²) in [7, 11) is 0. The number of hydrogen-bond acceptors (Lipinski definition) is 2. The lowest BCUT2D eigenvalue weighted by Crippen LogP contribution is -1.89. The van der Waals surface area contributed by atoms with Gasteiger partial charge >= 0.3 is 0 Å². The van der Waals surface area contributed by atoms with Gasteiger partial charge in [0.25, 0.3) is 0 Å². The van der Waals surface area contributed by atoms with E-state index in [1.807, 2.05) is 25.1 Å². The summed E-state index contributed by atoms with van der Waals surface area (Å²) in [6.45, 7) is 1.96. The zero-order chi connectivity index (χ0) is 13.1. The molecule has 2 rings (SSSR count). The van der Waals surface area contributed by atoms with Crippen molar-refractivity contribution in [1.82, 2.24) is 0 Å². The number of nitriles is 1. The summed E-state index contributed by atoms with van der Waals surface area (Å²) >= 11 is 3.37. The van der Waals surface area contributed by atoms with Crippen LogP contribution >= 0.6 is 15.9 Å². The average molecular weight is 306 g/mol. The van der Waals surface area contributed by atoms with Crippen LogP contribution in [0.1, 0.15) is 11.1 Å². The van der Waals surface area contributed by atoms with Crippen LogP contribution in [0.4, 0.5) is 4.39 Å². The van der Waals surface area contributed by atoms with E-state index in [9.17, 15) is 4.39 Å². The molecule has 4 heteroatoms. The van der Waals surface area contributed by atoms with Gasteiger partial charge in [-0.25, -0.2) is 4.39 Å². The first-order valence-electron chi connectivity index (χ1n) is 5.23. The molecule has 2 nitrogen and oxygen atoms in total. The van der Waals surface area contributed by atoms with Crippen molar-refractivity contribution in [2.75, 3.05) is 0 Å². The number of halogens is 2. The molecule has 0 saturated carbocycles. The topological polar surface area (TPSA) is 33.0 Å². The van der Waals surface area contributed by atoms with Gasteiger partial charge in [0.05, 0.1) is 16.1 Å². The Labute approximate surface area is 113 Å². The van der Waals surface area contributed by atoms with Crippen molar-refractivity contribution in [2.45, 2.75) is 6.92 Å². The van der Waals surface area contributed by atoms with Gasteiger partial charge in [-0.2, -0.15) is 5.26 Å². The van der Waals surface area contributed by atoms with Crippen molar-refractivity contribution in [1.29, 1.82) is 5.26 Å². The van der Waals surface area contributed by atoms with Gasteiger partial charge in [0.2, 0.25) is 0 Å². The molecule has 0 N–H and O–H groups in total. The van der Waals surface area contributed by atoms with Crippen LogP contribution in [0.5, 0.6) is 11.5 Å². The second-order valence-electron chi connectivity index (χ2n) is 3.82. The van der Waals surface area contributed by atoms with E-state index in [2.05, 4.69) is 15.9 Å². The highest BCUT2D eigenvalue weighted by molar-refractivity contribution is 9.10. The summed E-state index contributed by atoms with van der Waals surface area (Å²) in [6, 6.07) is 11.4. The van der Waals surface area contributed by atoms with Gasteiger partial charge < -0.3 is 4.74 Å². The second kappa shape index (κ2) is 5.19. The Morgan fingerprint density at radius 2 is 2.00 bits per heavy atom. The normalized spacial score (nSPS) is 9.89. The van der Waals surface area contributed by atoms with E-state index in [0.29, 0.717) is 11.5 Å². The van der Waals surface area contributed by atoms with E-state index in [1.54, 1.807) is 6.07 Å². The van der Waals surface area contributed by atoms with Gasteiger partial charge in [-0.05, 0) is 52.7 Å². The highest BCUT2D eigenvalue weighted by Crippen LogP contribution is 2.31. The Balaban J connectivity index is 2.34. The fraction of sp³-hybridized carbons (Fsp3) is 0.0714. The molecule has 0 fully saturated rings. The van der Waals surface area contributed by atoms with E-state index >= 15 is 0 Å². The molecular weight excluding hydrogens is 297 g/mol. The molecule has 0 aliphatic rings. The third-order valence-corrected chi connectivity index (χ3v) is 2.94. The molecule has 0 spiro atoms. The van der Waals surface area contributed by atoms with Crippen molar-refractivity contribution in [2.24, 2.45) is 0 Å². The van der Waals surface area contributed by atoms with E-state index in [4.69, 9.17) is 10.00 Å². The molecule has 90 valence electrons. The maximum atomic E-state index is 13.2. The van der Waals surface area contributed by atoms with Crippen molar-refractivity contribution in [3.8, 4) is 17.6 Å². The van der Waals surface area contributed by atoms with Crippen LogP contribution in [0.25, 0.3) is 0 Å². The van der Waals surface area contributed by atoms with E-state index < -0.39 is 5.82 Å². The van der Waals surface area contributed by atoms with Gasteiger partial charge in [-0.3, -0.25) is 0 Å². The van der Waals surface area contributed by atoms with Crippen LogP contribution in [0.3, 0.4) is 0 Å². The largest absolute Gasteiger partial charge is 0.456 e. The predicted molar refractivity (Wildman–Crippen MR) is 70.1 cm³/mol. The molecule has 0 amide bonds. The molecule has 0 atom stereocenters. The number of aryl methyl sites for hydroxylation is 1. The van der Waals surface area contributed by atoms with Crippen LogP contribution in [-0.4, -0.2) is 0 Å². The summed E-state index contributed by atoms with van der Waals surface area (Å²) in [4.78, 5) is 0. The Hall–Kier alpha value is -1.86. The van der Waals surface area contributed by atoms with Crippen LogP contribution in [0.2, 0.25) is 0 Å². The summed E-state index contributed by atoms with van der Waals surface area (Å²) in [5, 5.41) is 8.76. The maximum Gasteiger partial charge on any atom is 0.141 e. The number of rotatable bonds is 2. The first kappa shape index (κ1) is 12.6.